The second-order valence-electron chi connectivity index (χ2n) is 11.2. The second kappa shape index (κ2) is 12.8. The third-order valence-electron chi connectivity index (χ3n) is 7.60. The summed E-state index contributed by atoms with van der Waals surface area (Å²) in [5, 5.41) is 9.40. The lowest BCUT2D eigenvalue weighted by atomic mass is 9.80. The maximum absolute atomic E-state index is 15.1. The van der Waals surface area contributed by atoms with Gasteiger partial charge in [0.2, 0.25) is 0 Å². The van der Waals surface area contributed by atoms with E-state index in [0.717, 1.165) is 29.5 Å². The molecule has 3 aromatic rings. The van der Waals surface area contributed by atoms with E-state index < -0.39 is 17.5 Å². The van der Waals surface area contributed by atoms with Gasteiger partial charge < -0.3 is 24.1 Å². The predicted molar refractivity (Wildman–Crippen MR) is 152 cm³/mol. The Bertz CT molecular complexity index is 1320. The SMILES string of the molecule is COCC(C)(C)C(OC)c1cc(COc2cccc(C(CC(=O)O)C3CC3)c2)ccc1-c1cc(OC)ccc1F. The molecule has 1 aliphatic rings. The molecule has 1 aliphatic carbocycles. The number of ether oxygens (including phenoxy) is 4. The first kappa shape index (κ1) is 29.6. The molecule has 0 amide bonds. The van der Waals surface area contributed by atoms with Crippen LogP contribution in [0.3, 0.4) is 0 Å². The van der Waals surface area contributed by atoms with E-state index in [0.29, 0.717) is 35.2 Å². The lowest BCUT2D eigenvalue weighted by Crippen LogP contribution is -2.29. The van der Waals surface area contributed by atoms with Crippen LogP contribution in [0.4, 0.5) is 4.39 Å². The van der Waals surface area contributed by atoms with Crippen LogP contribution in [0.1, 0.15) is 61.8 Å². The minimum atomic E-state index is -0.785. The molecule has 0 heterocycles. The van der Waals surface area contributed by atoms with Crippen molar-refractivity contribution >= 4 is 5.97 Å². The van der Waals surface area contributed by atoms with Crippen LogP contribution in [-0.4, -0.2) is 39.0 Å². The van der Waals surface area contributed by atoms with E-state index in [1.54, 1.807) is 33.5 Å². The zero-order valence-electron chi connectivity index (χ0n) is 23.9. The molecular weight excluding hydrogens is 511 g/mol. The number of benzene rings is 3. The van der Waals surface area contributed by atoms with Crippen LogP contribution in [0.5, 0.6) is 11.5 Å². The van der Waals surface area contributed by atoms with E-state index in [1.807, 2.05) is 42.5 Å². The number of carboxylic acid groups (broad SMARTS) is 1. The van der Waals surface area contributed by atoms with Gasteiger partial charge in [-0.3, -0.25) is 4.79 Å². The molecule has 4 rings (SSSR count). The van der Waals surface area contributed by atoms with Gasteiger partial charge in [-0.15, -0.1) is 0 Å². The Morgan fingerprint density at radius 2 is 1.77 bits per heavy atom. The molecule has 40 heavy (non-hydrogen) atoms. The quantitative estimate of drug-likeness (QED) is 0.225. The molecule has 214 valence electrons. The smallest absolute Gasteiger partial charge is 0.303 e. The summed E-state index contributed by atoms with van der Waals surface area (Å²) < 4.78 is 38.2. The van der Waals surface area contributed by atoms with Crippen molar-refractivity contribution in [1.29, 1.82) is 0 Å². The average molecular weight is 551 g/mol. The van der Waals surface area contributed by atoms with Gasteiger partial charge in [0.15, 0.2) is 0 Å². The van der Waals surface area contributed by atoms with Gasteiger partial charge in [0.1, 0.15) is 23.9 Å². The number of rotatable bonds is 14. The Labute approximate surface area is 236 Å². The fourth-order valence-electron chi connectivity index (χ4n) is 5.56. The van der Waals surface area contributed by atoms with E-state index in [4.69, 9.17) is 18.9 Å². The number of methoxy groups -OCH3 is 3. The highest BCUT2D eigenvalue weighted by atomic mass is 19.1. The molecule has 1 fully saturated rings. The van der Waals surface area contributed by atoms with Crippen molar-refractivity contribution in [1.82, 2.24) is 0 Å². The van der Waals surface area contributed by atoms with Crippen LogP contribution in [0.2, 0.25) is 0 Å². The zero-order valence-corrected chi connectivity index (χ0v) is 23.9. The van der Waals surface area contributed by atoms with Crippen molar-refractivity contribution in [2.45, 2.75) is 51.7 Å². The third-order valence-corrected chi connectivity index (χ3v) is 7.60. The van der Waals surface area contributed by atoms with E-state index in [1.165, 1.54) is 6.07 Å². The number of aliphatic carboxylic acids is 1. The molecule has 0 spiro atoms. The monoisotopic (exact) mass is 550 g/mol. The minimum absolute atomic E-state index is 0.00447. The van der Waals surface area contributed by atoms with Crippen LogP contribution in [0.15, 0.2) is 60.7 Å². The molecular formula is C33H39FO6. The molecule has 1 N–H and O–H groups in total. The highest BCUT2D eigenvalue weighted by molar-refractivity contribution is 5.71. The summed E-state index contributed by atoms with van der Waals surface area (Å²) in [7, 11) is 4.86. The molecule has 2 atom stereocenters. The fourth-order valence-corrected chi connectivity index (χ4v) is 5.56. The largest absolute Gasteiger partial charge is 0.497 e. The van der Waals surface area contributed by atoms with Gasteiger partial charge in [0.05, 0.1) is 26.2 Å². The third kappa shape index (κ3) is 7.01. The van der Waals surface area contributed by atoms with E-state index in [9.17, 15) is 9.90 Å². The molecule has 3 aromatic carbocycles. The van der Waals surface area contributed by atoms with Gasteiger partial charge >= 0.3 is 5.97 Å². The van der Waals surface area contributed by atoms with Gasteiger partial charge in [0, 0.05) is 25.2 Å². The molecule has 0 radical (unpaired) electrons. The summed E-state index contributed by atoms with van der Waals surface area (Å²) in [5.41, 5.74) is 3.43. The first-order valence-electron chi connectivity index (χ1n) is 13.6. The van der Waals surface area contributed by atoms with Crippen molar-refractivity contribution in [2.24, 2.45) is 11.3 Å². The van der Waals surface area contributed by atoms with Gasteiger partial charge in [-0.2, -0.15) is 0 Å². The lowest BCUT2D eigenvalue weighted by molar-refractivity contribution is -0.137. The van der Waals surface area contributed by atoms with Crippen molar-refractivity contribution in [3.63, 3.8) is 0 Å². The molecule has 7 heteroatoms. The number of hydrogen-bond donors (Lipinski definition) is 1. The Kier molecular flexibility index (Phi) is 9.48. The Balaban J connectivity index is 1.66. The van der Waals surface area contributed by atoms with Gasteiger partial charge in [-0.05, 0) is 83.3 Å². The number of carbonyl (C=O) groups is 1. The summed E-state index contributed by atoms with van der Waals surface area (Å²) in [6.45, 7) is 4.83. The number of halogens is 1. The number of hydrogen-bond acceptors (Lipinski definition) is 5. The summed E-state index contributed by atoms with van der Waals surface area (Å²) in [6, 6.07) is 18.3. The van der Waals surface area contributed by atoms with Gasteiger partial charge in [-0.25, -0.2) is 4.39 Å². The first-order chi connectivity index (χ1) is 19.2. The molecule has 0 aliphatic heterocycles. The molecule has 0 aromatic heterocycles. The summed E-state index contributed by atoms with van der Waals surface area (Å²) in [4.78, 5) is 11.4. The van der Waals surface area contributed by atoms with Crippen molar-refractivity contribution in [3.8, 4) is 22.6 Å². The Hall–Kier alpha value is -3.42. The molecule has 1 saturated carbocycles. The second-order valence-corrected chi connectivity index (χ2v) is 11.2. The fraction of sp³-hybridized carbons (Fsp3) is 0.424. The van der Waals surface area contributed by atoms with Crippen LogP contribution in [0.25, 0.3) is 11.1 Å². The topological polar surface area (TPSA) is 74.2 Å². The van der Waals surface area contributed by atoms with Gasteiger partial charge in [0.25, 0.3) is 0 Å². The zero-order chi connectivity index (χ0) is 28.9. The van der Waals surface area contributed by atoms with E-state index in [-0.39, 0.29) is 24.8 Å². The highest BCUT2D eigenvalue weighted by Gasteiger charge is 2.35. The van der Waals surface area contributed by atoms with Crippen LogP contribution >= 0.6 is 0 Å². The maximum atomic E-state index is 15.1. The number of carboxylic acids is 1. The minimum Gasteiger partial charge on any atom is -0.497 e. The Morgan fingerprint density at radius 3 is 2.42 bits per heavy atom. The predicted octanol–water partition coefficient (Wildman–Crippen LogP) is 7.41. The summed E-state index contributed by atoms with van der Waals surface area (Å²) in [6.07, 6.45) is 1.85. The van der Waals surface area contributed by atoms with Crippen molar-refractivity contribution in [2.75, 3.05) is 27.9 Å². The summed E-state index contributed by atoms with van der Waals surface area (Å²) in [5.74, 6) is 0.518. The van der Waals surface area contributed by atoms with Crippen LogP contribution in [-0.2, 0) is 20.9 Å². The van der Waals surface area contributed by atoms with Crippen LogP contribution in [0, 0.1) is 17.2 Å². The van der Waals surface area contributed by atoms with E-state index >= 15 is 4.39 Å². The molecule has 0 saturated heterocycles. The van der Waals surface area contributed by atoms with Crippen molar-refractivity contribution < 1.29 is 33.2 Å². The summed E-state index contributed by atoms with van der Waals surface area (Å²) >= 11 is 0. The lowest BCUT2D eigenvalue weighted by Gasteiger charge is -2.34. The van der Waals surface area contributed by atoms with Crippen LogP contribution < -0.4 is 9.47 Å². The molecule has 0 bridgehead atoms. The molecule has 6 nitrogen and oxygen atoms in total. The first-order valence-corrected chi connectivity index (χ1v) is 13.6. The van der Waals surface area contributed by atoms with Crippen molar-refractivity contribution in [3.05, 3.63) is 83.2 Å². The standard InChI is InChI=1S/C33H39FO6/c1-33(2,20-37-3)32(39-5)29-15-21(9-13-26(29)28-17-24(38-4)12-14-30(28)34)19-40-25-8-6-7-23(16-25)27(18-31(35)36)22-10-11-22/h6-9,12-17,22,27,32H,10-11,18-20H2,1-5H3,(H,35,36). The molecule has 2 unspecified atom stereocenters. The normalized spacial score (nSPS) is 14.9. The average Bonchev–Trinajstić information content (AvgIpc) is 3.77. The van der Waals surface area contributed by atoms with E-state index in [2.05, 4.69) is 13.8 Å². The highest BCUT2D eigenvalue weighted by Crippen LogP contribution is 2.45. The Morgan fingerprint density at radius 1 is 1.00 bits per heavy atom. The van der Waals surface area contributed by atoms with Gasteiger partial charge in [-0.1, -0.05) is 38.1 Å². The maximum Gasteiger partial charge on any atom is 0.303 e.